The molecule has 0 saturated heterocycles. The van der Waals surface area contributed by atoms with Crippen LogP contribution in [0.5, 0.6) is 5.75 Å². The predicted octanol–water partition coefficient (Wildman–Crippen LogP) is 2.56. The zero-order valence-electron chi connectivity index (χ0n) is 11.3. The average molecular weight is 316 g/mol. The predicted molar refractivity (Wildman–Crippen MR) is 73.8 cm³/mol. The molecule has 0 saturated carbocycles. The third-order valence-corrected chi connectivity index (χ3v) is 4.37. The standard InChI is InChI=1S/C13H18BrNO3/c1-6-7(2)12(17-4)9(8(3)10(6)14)11(15)13(16)18-5/h11H,15H2,1-5H3. The van der Waals surface area contributed by atoms with Gasteiger partial charge in [0, 0.05) is 10.0 Å². The molecule has 0 spiro atoms. The first-order chi connectivity index (χ1) is 8.36. The molecule has 0 aromatic heterocycles. The van der Waals surface area contributed by atoms with Crippen LogP contribution in [-0.2, 0) is 9.53 Å². The van der Waals surface area contributed by atoms with Gasteiger partial charge in [-0.2, -0.15) is 0 Å². The Hall–Kier alpha value is -1.07. The molecule has 100 valence electrons. The first kappa shape index (κ1) is 15.0. The lowest BCUT2D eigenvalue weighted by atomic mass is 9.94. The van der Waals surface area contributed by atoms with Crippen molar-refractivity contribution in [3.8, 4) is 5.75 Å². The van der Waals surface area contributed by atoms with E-state index < -0.39 is 12.0 Å². The van der Waals surface area contributed by atoms with Crippen LogP contribution in [0.4, 0.5) is 0 Å². The van der Waals surface area contributed by atoms with Crippen LogP contribution in [-0.4, -0.2) is 20.2 Å². The molecule has 0 fully saturated rings. The van der Waals surface area contributed by atoms with Crippen molar-refractivity contribution in [1.82, 2.24) is 0 Å². The molecule has 0 aliphatic carbocycles. The van der Waals surface area contributed by atoms with Gasteiger partial charge in [-0.25, -0.2) is 0 Å². The zero-order valence-corrected chi connectivity index (χ0v) is 12.8. The summed E-state index contributed by atoms with van der Waals surface area (Å²) in [4.78, 5) is 11.6. The minimum atomic E-state index is -0.847. The van der Waals surface area contributed by atoms with Crippen LogP contribution in [0.25, 0.3) is 0 Å². The Morgan fingerprint density at radius 1 is 1.17 bits per heavy atom. The normalized spacial score (nSPS) is 12.2. The van der Waals surface area contributed by atoms with Crippen molar-refractivity contribution in [3.05, 3.63) is 26.7 Å². The van der Waals surface area contributed by atoms with Crippen molar-refractivity contribution in [2.75, 3.05) is 14.2 Å². The van der Waals surface area contributed by atoms with E-state index in [-0.39, 0.29) is 0 Å². The van der Waals surface area contributed by atoms with E-state index in [9.17, 15) is 4.79 Å². The molecule has 0 amide bonds. The van der Waals surface area contributed by atoms with E-state index in [4.69, 9.17) is 15.2 Å². The Labute approximate surface area is 116 Å². The Balaban J connectivity index is 3.56. The van der Waals surface area contributed by atoms with Crippen LogP contribution in [0, 0.1) is 20.8 Å². The minimum Gasteiger partial charge on any atom is -0.496 e. The number of rotatable bonds is 3. The number of carbonyl (C=O) groups is 1. The van der Waals surface area contributed by atoms with Gasteiger partial charge in [0.25, 0.3) is 0 Å². The fourth-order valence-electron chi connectivity index (χ4n) is 1.99. The molecule has 0 bridgehead atoms. The van der Waals surface area contributed by atoms with E-state index in [1.54, 1.807) is 7.11 Å². The first-order valence-corrected chi connectivity index (χ1v) is 6.32. The highest BCUT2D eigenvalue weighted by molar-refractivity contribution is 9.10. The maximum Gasteiger partial charge on any atom is 0.327 e. The largest absolute Gasteiger partial charge is 0.496 e. The molecule has 0 aliphatic heterocycles. The summed E-state index contributed by atoms with van der Waals surface area (Å²) in [7, 11) is 2.89. The summed E-state index contributed by atoms with van der Waals surface area (Å²) in [6.07, 6.45) is 0. The molecule has 4 nitrogen and oxygen atoms in total. The number of ether oxygens (including phenoxy) is 2. The van der Waals surface area contributed by atoms with Gasteiger partial charge in [0.1, 0.15) is 11.8 Å². The molecule has 1 atom stereocenters. The van der Waals surface area contributed by atoms with E-state index in [0.717, 1.165) is 21.2 Å². The Morgan fingerprint density at radius 2 is 1.72 bits per heavy atom. The van der Waals surface area contributed by atoms with E-state index in [1.165, 1.54) is 7.11 Å². The van der Waals surface area contributed by atoms with Gasteiger partial charge >= 0.3 is 5.97 Å². The molecular formula is C13H18BrNO3. The van der Waals surface area contributed by atoms with Crippen LogP contribution in [0.1, 0.15) is 28.3 Å². The number of benzene rings is 1. The van der Waals surface area contributed by atoms with Crippen LogP contribution in [0.3, 0.4) is 0 Å². The third-order valence-electron chi connectivity index (χ3n) is 3.18. The van der Waals surface area contributed by atoms with Crippen molar-refractivity contribution in [2.45, 2.75) is 26.8 Å². The number of halogens is 1. The fraction of sp³-hybridized carbons (Fsp3) is 0.462. The van der Waals surface area contributed by atoms with Crippen LogP contribution < -0.4 is 10.5 Å². The van der Waals surface area contributed by atoms with Crippen LogP contribution >= 0.6 is 15.9 Å². The maximum absolute atomic E-state index is 11.6. The molecule has 1 aromatic carbocycles. The first-order valence-electron chi connectivity index (χ1n) is 5.53. The van der Waals surface area contributed by atoms with Crippen molar-refractivity contribution < 1.29 is 14.3 Å². The zero-order chi connectivity index (χ0) is 14.0. The quantitative estimate of drug-likeness (QED) is 0.871. The van der Waals surface area contributed by atoms with Crippen LogP contribution in [0.2, 0.25) is 0 Å². The maximum atomic E-state index is 11.6. The lowest BCUT2D eigenvalue weighted by Gasteiger charge is -2.21. The monoisotopic (exact) mass is 315 g/mol. The van der Waals surface area contributed by atoms with Gasteiger partial charge < -0.3 is 15.2 Å². The summed E-state index contributed by atoms with van der Waals surface area (Å²) in [6.45, 7) is 5.82. The van der Waals surface area contributed by atoms with Gasteiger partial charge in [0.2, 0.25) is 0 Å². The topological polar surface area (TPSA) is 61.5 Å². The fourth-order valence-corrected chi connectivity index (χ4v) is 2.50. The molecule has 18 heavy (non-hydrogen) atoms. The second-order valence-corrected chi connectivity index (χ2v) is 4.93. The summed E-state index contributed by atoms with van der Waals surface area (Å²) in [5.41, 5.74) is 9.54. The van der Waals surface area contributed by atoms with E-state index in [1.807, 2.05) is 20.8 Å². The smallest absolute Gasteiger partial charge is 0.327 e. The van der Waals surface area contributed by atoms with E-state index >= 15 is 0 Å². The van der Waals surface area contributed by atoms with Crippen molar-refractivity contribution >= 4 is 21.9 Å². The van der Waals surface area contributed by atoms with E-state index in [0.29, 0.717) is 11.3 Å². The minimum absolute atomic E-state index is 0.480. The number of methoxy groups -OCH3 is 2. The number of nitrogens with two attached hydrogens (primary N) is 1. The van der Waals surface area contributed by atoms with Gasteiger partial charge in [0.05, 0.1) is 14.2 Å². The molecule has 1 rings (SSSR count). The SMILES string of the molecule is COC(=O)C(N)c1c(C)c(Br)c(C)c(C)c1OC. The summed E-state index contributed by atoms with van der Waals surface area (Å²) in [6, 6.07) is -0.847. The molecule has 2 N–H and O–H groups in total. The number of carbonyl (C=O) groups excluding carboxylic acids is 1. The van der Waals surface area contributed by atoms with Crippen molar-refractivity contribution in [1.29, 1.82) is 0 Å². The van der Waals surface area contributed by atoms with Crippen molar-refractivity contribution in [3.63, 3.8) is 0 Å². The Morgan fingerprint density at radius 3 is 2.17 bits per heavy atom. The molecule has 0 radical (unpaired) electrons. The van der Waals surface area contributed by atoms with E-state index in [2.05, 4.69) is 15.9 Å². The lowest BCUT2D eigenvalue weighted by Crippen LogP contribution is -2.24. The Bertz CT molecular complexity index is 486. The molecule has 0 heterocycles. The molecule has 1 unspecified atom stereocenters. The molecule has 5 heteroatoms. The van der Waals surface area contributed by atoms with Crippen molar-refractivity contribution in [2.24, 2.45) is 5.73 Å². The average Bonchev–Trinajstić information content (AvgIpc) is 2.38. The van der Waals surface area contributed by atoms with Gasteiger partial charge in [-0.1, -0.05) is 15.9 Å². The third kappa shape index (κ3) is 2.37. The second-order valence-electron chi connectivity index (χ2n) is 4.14. The van der Waals surface area contributed by atoms with Crippen LogP contribution in [0.15, 0.2) is 4.47 Å². The molecule has 0 aliphatic rings. The molecule has 1 aromatic rings. The number of hydrogen-bond acceptors (Lipinski definition) is 4. The second kappa shape index (κ2) is 5.71. The highest BCUT2D eigenvalue weighted by atomic mass is 79.9. The van der Waals surface area contributed by atoms with Gasteiger partial charge in [0.15, 0.2) is 0 Å². The highest BCUT2D eigenvalue weighted by Crippen LogP contribution is 2.38. The summed E-state index contributed by atoms with van der Waals surface area (Å²) >= 11 is 3.52. The van der Waals surface area contributed by atoms with Gasteiger partial charge in [-0.05, 0) is 37.5 Å². The summed E-state index contributed by atoms with van der Waals surface area (Å²) < 4.78 is 11.0. The summed E-state index contributed by atoms with van der Waals surface area (Å²) in [5.74, 6) is 0.164. The van der Waals surface area contributed by atoms with Gasteiger partial charge in [-0.15, -0.1) is 0 Å². The van der Waals surface area contributed by atoms with Gasteiger partial charge in [-0.3, -0.25) is 4.79 Å². The molecular weight excluding hydrogens is 298 g/mol. The Kier molecular flexibility index (Phi) is 4.76. The highest BCUT2D eigenvalue weighted by Gasteiger charge is 2.26. The summed E-state index contributed by atoms with van der Waals surface area (Å²) in [5, 5.41) is 0. The number of hydrogen-bond donors (Lipinski definition) is 1. The lowest BCUT2D eigenvalue weighted by molar-refractivity contribution is -0.142. The number of esters is 1.